The molecule has 0 saturated heterocycles. The molecule has 1 aromatic heterocycles. The predicted molar refractivity (Wildman–Crippen MR) is 112 cm³/mol. The van der Waals surface area contributed by atoms with Crippen LogP contribution < -0.4 is 10.2 Å². The second kappa shape index (κ2) is 6.19. The Morgan fingerprint density at radius 3 is 2.62 bits per heavy atom. The number of halogens is 1. The monoisotopic (exact) mass is 406 g/mol. The van der Waals surface area contributed by atoms with E-state index in [0.717, 1.165) is 28.1 Å². The fraction of sp³-hybridized carbons (Fsp3) is 0.227. The van der Waals surface area contributed by atoms with Crippen LogP contribution in [-0.4, -0.2) is 28.1 Å². The summed E-state index contributed by atoms with van der Waals surface area (Å²) in [5.41, 5.74) is 3.21. The average Bonchev–Trinajstić information content (AvgIpc) is 3.21. The van der Waals surface area contributed by atoms with Gasteiger partial charge in [-0.1, -0.05) is 29.3 Å². The maximum Gasteiger partial charge on any atom is 0.242 e. The molecule has 1 spiro atoms. The van der Waals surface area contributed by atoms with Gasteiger partial charge >= 0.3 is 0 Å². The number of rotatable bonds is 2. The summed E-state index contributed by atoms with van der Waals surface area (Å²) in [4.78, 5) is 28.2. The van der Waals surface area contributed by atoms with Gasteiger partial charge in [0.05, 0.1) is 11.9 Å². The van der Waals surface area contributed by atoms with E-state index in [-0.39, 0.29) is 18.2 Å². The number of aromatic nitrogens is 2. The number of likely N-dealkylation sites (N-methyl/N-ethyl adjacent to an activating group) is 1. The number of fused-ring (bicyclic) bond motifs is 4. The maximum absolute atomic E-state index is 13.7. The van der Waals surface area contributed by atoms with E-state index in [1.165, 1.54) is 0 Å². The zero-order valence-electron chi connectivity index (χ0n) is 16.1. The highest BCUT2D eigenvalue weighted by molar-refractivity contribution is 6.30. The number of nitrogens with one attached hydrogen (secondary N) is 1. The van der Waals surface area contributed by atoms with E-state index < -0.39 is 5.41 Å². The second-order valence-electron chi connectivity index (χ2n) is 7.50. The minimum Gasteiger partial charge on any atom is -0.311 e. The van der Waals surface area contributed by atoms with E-state index in [1.54, 1.807) is 27.9 Å². The molecular weight excluding hydrogens is 388 g/mol. The quantitative estimate of drug-likeness (QED) is 0.703. The first-order valence-electron chi connectivity index (χ1n) is 9.53. The van der Waals surface area contributed by atoms with Crippen LogP contribution in [0, 0.1) is 6.92 Å². The number of nitrogens with zero attached hydrogens (tertiary/aromatic N) is 3. The summed E-state index contributed by atoms with van der Waals surface area (Å²) >= 11 is 6.01. The first-order valence-corrected chi connectivity index (χ1v) is 9.91. The molecule has 5 rings (SSSR count). The molecule has 7 heteroatoms. The van der Waals surface area contributed by atoms with Gasteiger partial charge in [-0.2, -0.15) is 5.10 Å². The third-order valence-electron chi connectivity index (χ3n) is 5.81. The van der Waals surface area contributed by atoms with Crippen LogP contribution in [-0.2, 0) is 15.0 Å². The van der Waals surface area contributed by atoms with Gasteiger partial charge in [0.25, 0.3) is 0 Å². The molecule has 0 saturated carbocycles. The van der Waals surface area contributed by atoms with Crippen LogP contribution >= 0.6 is 11.6 Å². The van der Waals surface area contributed by atoms with Crippen molar-refractivity contribution in [1.82, 2.24) is 9.78 Å². The lowest BCUT2D eigenvalue weighted by Crippen LogP contribution is -2.46. The summed E-state index contributed by atoms with van der Waals surface area (Å²) in [5.74, 6) is 0.252. The molecule has 29 heavy (non-hydrogen) atoms. The Morgan fingerprint density at radius 2 is 1.90 bits per heavy atom. The lowest BCUT2D eigenvalue weighted by molar-refractivity contribution is -0.126. The molecule has 2 amide bonds. The van der Waals surface area contributed by atoms with Crippen molar-refractivity contribution in [1.29, 1.82) is 0 Å². The maximum atomic E-state index is 13.7. The Kier molecular flexibility index (Phi) is 3.83. The van der Waals surface area contributed by atoms with Crippen molar-refractivity contribution < 1.29 is 9.59 Å². The van der Waals surface area contributed by atoms with Gasteiger partial charge in [0.15, 0.2) is 0 Å². The lowest BCUT2D eigenvalue weighted by Gasteiger charge is -2.32. The summed E-state index contributed by atoms with van der Waals surface area (Å²) < 4.78 is 1.65. The Labute approximate surface area is 173 Å². The van der Waals surface area contributed by atoms with Crippen LogP contribution in [0.2, 0.25) is 5.02 Å². The molecule has 2 aliphatic heterocycles. The molecule has 146 valence electrons. The molecule has 2 aromatic carbocycles. The highest BCUT2D eigenvalue weighted by Gasteiger charge is 2.56. The number of anilines is 2. The predicted octanol–water partition coefficient (Wildman–Crippen LogP) is 3.83. The first-order chi connectivity index (χ1) is 14.0. The van der Waals surface area contributed by atoms with Crippen LogP contribution in [0.1, 0.15) is 30.0 Å². The van der Waals surface area contributed by atoms with Gasteiger partial charge in [0.1, 0.15) is 11.2 Å². The molecule has 2 aliphatic rings. The summed E-state index contributed by atoms with van der Waals surface area (Å²) in [6.07, 6.45) is 1.77. The van der Waals surface area contributed by atoms with Gasteiger partial charge in [0, 0.05) is 29.2 Å². The highest BCUT2D eigenvalue weighted by Crippen LogP contribution is 2.52. The summed E-state index contributed by atoms with van der Waals surface area (Å²) in [6, 6.07) is 13.2. The van der Waals surface area contributed by atoms with Crippen LogP contribution in [0.25, 0.3) is 5.69 Å². The van der Waals surface area contributed by atoms with Crippen molar-refractivity contribution in [2.24, 2.45) is 0 Å². The molecule has 1 atom stereocenters. The zero-order valence-corrected chi connectivity index (χ0v) is 16.8. The van der Waals surface area contributed by atoms with Gasteiger partial charge in [-0.15, -0.1) is 0 Å². The summed E-state index contributed by atoms with van der Waals surface area (Å²) in [6.45, 7) is 4.48. The molecule has 0 unspecified atom stereocenters. The fourth-order valence-electron chi connectivity index (χ4n) is 4.50. The molecule has 3 heterocycles. The third-order valence-corrected chi connectivity index (χ3v) is 6.06. The van der Waals surface area contributed by atoms with Gasteiger partial charge in [-0.25, -0.2) is 4.68 Å². The molecule has 3 aromatic rings. The minimum absolute atomic E-state index is 0.0676. The summed E-state index contributed by atoms with van der Waals surface area (Å²) in [7, 11) is 0. The van der Waals surface area contributed by atoms with Crippen LogP contribution in [0.3, 0.4) is 0 Å². The van der Waals surface area contributed by atoms with Gasteiger partial charge in [-0.3, -0.25) is 9.59 Å². The van der Waals surface area contributed by atoms with Gasteiger partial charge < -0.3 is 10.2 Å². The number of amides is 2. The van der Waals surface area contributed by atoms with Crippen molar-refractivity contribution in [3.05, 3.63) is 70.4 Å². The molecule has 1 N–H and O–H groups in total. The smallest absolute Gasteiger partial charge is 0.242 e. The molecule has 6 nitrogen and oxygen atoms in total. The second-order valence-corrected chi connectivity index (χ2v) is 7.93. The topological polar surface area (TPSA) is 67.2 Å². The zero-order chi connectivity index (χ0) is 20.3. The van der Waals surface area contributed by atoms with E-state index in [1.807, 2.05) is 44.2 Å². The lowest BCUT2D eigenvalue weighted by atomic mass is 9.71. The van der Waals surface area contributed by atoms with E-state index in [2.05, 4.69) is 10.4 Å². The van der Waals surface area contributed by atoms with E-state index in [0.29, 0.717) is 17.4 Å². The average molecular weight is 407 g/mol. The third kappa shape index (κ3) is 2.39. The Morgan fingerprint density at radius 1 is 1.14 bits per heavy atom. The fourth-order valence-corrected chi connectivity index (χ4v) is 4.62. The Hall–Kier alpha value is -3.12. The van der Waals surface area contributed by atoms with E-state index in [9.17, 15) is 9.59 Å². The van der Waals surface area contributed by atoms with Crippen molar-refractivity contribution >= 4 is 34.9 Å². The number of carbonyl (C=O) groups is 2. The van der Waals surface area contributed by atoms with Crippen molar-refractivity contribution in [3.63, 3.8) is 0 Å². The minimum atomic E-state index is -1.06. The molecule has 0 aliphatic carbocycles. The number of aryl methyl sites for hydroxylation is 1. The molecule has 0 fully saturated rings. The van der Waals surface area contributed by atoms with Crippen LogP contribution in [0.5, 0.6) is 0 Å². The van der Waals surface area contributed by atoms with Crippen molar-refractivity contribution in [2.75, 3.05) is 16.8 Å². The Bertz CT molecular complexity index is 1170. The SMILES string of the molecule is CCN1C(=O)[C@@]2(CC(=O)Nc3c2cnn3-c2ccc(Cl)cc2)c2cc(C)ccc21. The van der Waals surface area contributed by atoms with Crippen molar-refractivity contribution in [2.45, 2.75) is 25.7 Å². The first kappa shape index (κ1) is 17.9. The molecule has 0 radical (unpaired) electrons. The number of hydrogen-bond acceptors (Lipinski definition) is 3. The van der Waals surface area contributed by atoms with Crippen LogP contribution in [0.15, 0.2) is 48.7 Å². The van der Waals surface area contributed by atoms with Gasteiger partial charge in [-0.05, 0) is 49.7 Å². The number of benzene rings is 2. The number of carbonyl (C=O) groups excluding carboxylic acids is 2. The molecule has 0 bridgehead atoms. The van der Waals surface area contributed by atoms with E-state index in [4.69, 9.17) is 11.6 Å². The van der Waals surface area contributed by atoms with Crippen molar-refractivity contribution in [3.8, 4) is 5.69 Å². The normalized spacial score (nSPS) is 20.0. The largest absolute Gasteiger partial charge is 0.311 e. The number of hydrogen-bond donors (Lipinski definition) is 1. The standard InChI is InChI=1S/C22H19ClN4O2/c1-3-26-18-9-4-13(2)10-16(18)22(21(26)29)11-19(28)25-20-17(22)12-24-27(20)15-7-5-14(23)6-8-15/h4-10,12H,3,11H2,1-2H3,(H,25,28)/t22-/m0/s1. The molecular formula is C22H19ClN4O2. The Balaban J connectivity index is 1.77. The van der Waals surface area contributed by atoms with E-state index >= 15 is 0 Å². The summed E-state index contributed by atoms with van der Waals surface area (Å²) in [5, 5.41) is 8.06. The highest BCUT2D eigenvalue weighted by atomic mass is 35.5. The van der Waals surface area contributed by atoms with Gasteiger partial charge in [0.2, 0.25) is 11.8 Å². The van der Waals surface area contributed by atoms with Crippen LogP contribution in [0.4, 0.5) is 11.5 Å².